The highest BCUT2D eigenvalue weighted by molar-refractivity contribution is 7.26. The quantitative estimate of drug-likeness (QED) is 0.184. The molecule has 49 heavy (non-hydrogen) atoms. The van der Waals surface area contributed by atoms with Crippen LogP contribution in [-0.2, 0) is 5.41 Å². The first-order valence-electron chi connectivity index (χ1n) is 17.0. The molecule has 1 aliphatic rings. The predicted molar refractivity (Wildman–Crippen MR) is 212 cm³/mol. The molecule has 0 N–H and O–H groups in total. The molecular formula is C47H33NS. The monoisotopic (exact) mass is 643 g/mol. The Balaban J connectivity index is 1.22. The summed E-state index contributed by atoms with van der Waals surface area (Å²) in [6.07, 6.45) is 0. The predicted octanol–water partition coefficient (Wildman–Crippen LogP) is 13.8. The molecule has 0 radical (unpaired) electrons. The second kappa shape index (κ2) is 10.7. The molecule has 10 rings (SSSR count). The smallest absolute Gasteiger partial charge is 0.0540 e. The van der Waals surface area contributed by atoms with E-state index in [-0.39, 0.29) is 5.41 Å². The minimum atomic E-state index is -0.0446. The van der Waals surface area contributed by atoms with Crippen molar-refractivity contribution in [1.82, 2.24) is 0 Å². The fraction of sp³-hybridized carbons (Fsp3) is 0.0638. The van der Waals surface area contributed by atoms with Crippen molar-refractivity contribution in [3.63, 3.8) is 0 Å². The summed E-state index contributed by atoms with van der Waals surface area (Å²) in [4.78, 5) is 2.47. The number of hydrogen-bond acceptors (Lipinski definition) is 2. The van der Waals surface area contributed by atoms with Gasteiger partial charge >= 0.3 is 0 Å². The highest BCUT2D eigenvalue weighted by atomic mass is 32.1. The Morgan fingerprint density at radius 2 is 1.12 bits per heavy atom. The van der Waals surface area contributed by atoms with E-state index in [0.29, 0.717) is 0 Å². The minimum absolute atomic E-state index is 0.0446. The molecule has 1 aromatic heterocycles. The van der Waals surface area contributed by atoms with Crippen LogP contribution < -0.4 is 4.90 Å². The molecule has 0 spiro atoms. The third-order valence-corrected chi connectivity index (χ3v) is 11.8. The lowest BCUT2D eigenvalue weighted by atomic mass is 9.82. The van der Waals surface area contributed by atoms with Crippen LogP contribution in [0.15, 0.2) is 164 Å². The van der Waals surface area contributed by atoms with Crippen molar-refractivity contribution in [3.8, 4) is 22.3 Å². The molecule has 9 aromatic rings. The van der Waals surface area contributed by atoms with E-state index in [0.717, 1.165) is 17.1 Å². The Morgan fingerprint density at radius 1 is 0.449 bits per heavy atom. The SMILES string of the molecule is CC1(C)c2ccccc2-c2cc(N(c3ccc4c(c3)sc3ccc5ccccc5c34)c3ccccc3-c3ccc4ccccc4c3)ccc21. The first-order chi connectivity index (χ1) is 24.0. The molecule has 8 aromatic carbocycles. The number of rotatable bonds is 4. The van der Waals surface area contributed by atoms with Gasteiger partial charge in [-0.2, -0.15) is 0 Å². The van der Waals surface area contributed by atoms with Gasteiger partial charge in [0.1, 0.15) is 0 Å². The molecule has 1 aliphatic carbocycles. The Hall–Kier alpha value is -5.70. The van der Waals surface area contributed by atoms with Crippen LogP contribution in [0.3, 0.4) is 0 Å². The van der Waals surface area contributed by atoms with E-state index in [1.807, 2.05) is 11.3 Å². The molecule has 0 saturated carbocycles. The first-order valence-corrected chi connectivity index (χ1v) is 17.8. The summed E-state index contributed by atoms with van der Waals surface area (Å²) in [7, 11) is 0. The summed E-state index contributed by atoms with van der Waals surface area (Å²) < 4.78 is 2.62. The van der Waals surface area contributed by atoms with E-state index in [4.69, 9.17) is 0 Å². The maximum Gasteiger partial charge on any atom is 0.0540 e. The summed E-state index contributed by atoms with van der Waals surface area (Å²) in [5.41, 5.74) is 11.3. The number of para-hydroxylation sites is 1. The maximum absolute atomic E-state index is 2.47. The zero-order valence-electron chi connectivity index (χ0n) is 27.4. The number of benzene rings is 8. The molecule has 1 heterocycles. The third-order valence-electron chi connectivity index (χ3n) is 10.6. The van der Waals surface area contributed by atoms with E-state index in [2.05, 4.69) is 183 Å². The summed E-state index contributed by atoms with van der Waals surface area (Å²) in [5, 5.41) is 7.76. The largest absolute Gasteiger partial charge is 0.310 e. The van der Waals surface area contributed by atoms with Crippen LogP contribution >= 0.6 is 11.3 Å². The Bertz CT molecular complexity index is 2770. The van der Waals surface area contributed by atoms with Gasteiger partial charge in [-0.05, 0) is 91.8 Å². The number of thiophene rings is 1. The minimum Gasteiger partial charge on any atom is -0.310 e. The summed E-state index contributed by atoms with van der Waals surface area (Å²) in [6, 6.07) is 60.7. The zero-order chi connectivity index (χ0) is 32.7. The number of hydrogen-bond donors (Lipinski definition) is 0. The van der Waals surface area contributed by atoms with E-state index in [1.54, 1.807) is 0 Å². The van der Waals surface area contributed by atoms with E-state index < -0.39 is 0 Å². The van der Waals surface area contributed by atoms with Crippen LogP contribution in [0.4, 0.5) is 17.1 Å². The lowest BCUT2D eigenvalue weighted by Crippen LogP contribution is -2.15. The van der Waals surface area contributed by atoms with Crippen LogP contribution in [0.2, 0.25) is 0 Å². The zero-order valence-corrected chi connectivity index (χ0v) is 28.3. The fourth-order valence-corrected chi connectivity index (χ4v) is 9.37. The molecule has 0 atom stereocenters. The molecular weight excluding hydrogens is 611 g/mol. The van der Waals surface area contributed by atoms with E-state index in [1.165, 1.54) is 75.1 Å². The Labute approximate surface area is 290 Å². The average molecular weight is 644 g/mol. The van der Waals surface area contributed by atoms with Crippen LogP contribution in [-0.4, -0.2) is 0 Å². The fourth-order valence-electron chi connectivity index (χ4n) is 8.22. The van der Waals surface area contributed by atoms with Gasteiger partial charge in [-0.1, -0.05) is 135 Å². The topological polar surface area (TPSA) is 3.24 Å². The first kappa shape index (κ1) is 28.3. The van der Waals surface area contributed by atoms with Gasteiger partial charge in [-0.3, -0.25) is 0 Å². The van der Waals surface area contributed by atoms with Crippen molar-refractivity contribution in [2.24, 2.45) is 0 Å². The Morgan fingerprint density at radius 3 is 2.02 bits per heavy atom. The van der Waals surface area contributed by atoms with Gasteiger partial charge in [0.2, 0.25) is 0 Å². The maximum atomic E-state index is 2.47. The number of anilines is 3. The third kappa shape index (κ3) is 4.31. The van der Waals surface area contributed by atoms with Crippen molar-refractivity contribution < 1.29 is 0 Å². The van der Waals surface area contributed by atoms with Crippen molar-refractivity contribution >= 4 is 70.1 Å². The van der Waals surface area contributed by atoms with Gasteiger partial charge in [0.05, 0.1) is 5.69 Å². The van der Waals surface area contributed by atoms with Gasteiger partial charge < -0.3 is 4.90 Å². The molecule has 0 unspecified atom stereocenters. The lowest BCUT2D eigenvalue weighted by molar-refractivity contribution is 0.660. The molecule has 0 aliphatic heterocycles. The normalized spacial score (nSPS) is 13.3. The molecule has 232 valence electrons. The van der Waals surface area contributed by atoms with Crippen LogP contribution in [0.25, 0.3) is 64.0 Å². The molecule has 2 heteroatoms. The van der Waals surface area contributed by atoms with Gasteiger partial charge in [0.25, 0.3) is 0 Å². The number of nitrogens with zero attached hydrogens (tertiary/aromatic N) is 1. The molecule has 0 amide bonds. The van der Waals surface area contributed by atoms with Gasteiger partial charge in [-0.25, -0.2) is 0 Å². The highest BCUT2D eigenvalue weighted by Crippen LogP contribution is 2.52. The van der Waals surface area contributed by atoms with E-state index in [9.17, 15) is 0 Å². The number of fused-ring (bicyclic) bond motifs is 9. The van der Waals surface area contributed by atoms with Crippen LogP contribution in [0, 0.1) is 0 Å². The summed E-state index contributed by atoms with van der Waals surface area (Å²) >= 11 is 1.88. The Kier molecular flexibility index (Phi) is 6.16. The van der Waals surface area contributed by atoms with Crippen molar-refractivity contribution in [2.45, 2.75) is 19.3 Å². The molecule has 0 bridgehead atoms. The second-order valence-corrected chi connectivity index (χ2v) is 14.8. The summed E-state index contributed by atoms with van der Waals surface area (Å²) in [6.45, 7) is 4.70. The molecule has 0 fully saturated rings. The van der Waals surface area contributed by atoms with Crippen molar-refractivity contribution in [1.29, 1.82) is 0 Å². The average Bonchev–Trinajstić information content (AvgIpc) is 3.63. The molecule has 0 saturated heterocycles. The van der Waals surface area contributed by atoms with Gasteiger partial charge in [0, 0.05) is 42.5 Å². The van der Waals surface area contributed by atoms with Crippen LogP contribution in [0.1, 0.15) is 25.0 Å². The standard InChI is InChI=1S/C47H33NS/c1-47(2)41-17-9-7-16-38(41)40-28-34(23-25-42(40)47)48(43-18-10-8-14-36(43)33-20-19-30-11-3-4-13-32(30)27-33)35-22-24-39-45(29-35)49-44-26-21-31-12-5-6-15-37(31)46(39)44/h3-29H,1-2H3. The second-order valence-electron chi connectivity index (χ2n) is 13.8. The van der Waals surface area contributed by atoms with Crippen LogP contribution in [0.5, 0.6) is 0 Å². The van der Waals surface area contributed by atoms with Gasteiger partial charge in [-0.15, -0.1) is 11.3 Å². The van der Waals surface area contributed by atoms with E-state index >= 15 is 0 Å². The van der Waals surface area contributed by atoms with Crippen molar-refractivity contribution in [2.75, 3.05) is 4.90 Å². The summed E-state index contributed by atoms with van der Waals surface area (Å²) in [5.74, 6) is 0. The molecule has 1 nitrogen and oxygen atoms in total. The highest BCUT2D eigenvalue weighted by Gasteiger charge is 2.35. The lowest BCUT2D eigenvalue weighted by Gasteiger charge is -2.29. The van der Waals surface area contributed by atoms with Crippen molar-refractivity contribution in [3.05, 3.63) is 175 Å². The van der Waals surface area contributed by atoms with Gasteiger partial charge in [0.15, 0.2) is 0 Å².